The van der Waals surface area contributed by atoms with E-state index in [0.717, 1.165) is 11.1 Å². The summed E-state index contributed by atoms with van der Waals surface area (Å²) in [4.78, 5) is 27.6. The fraction of sp³-hybridized carbons (Fsp3) is 0.481. The van der Waals surface area contributed by atoms with Gasteiger partial charge in [0.25, 0.3) is 0 Å². The number of halogens is 2. The molecule has 0 spiro atoms. The van der Waals surface area contributed by atoms with Gasteiger partial charge in [-0.3, -0.25) is 9.59 Å². The number of sulfone groups is 1. The zero-order valence-electron chi connectivity index (χ0n) is 20.8. The first-order valence-electron chi connectivity index (χ1n) is 12.3. The Balaban J connectivity index is 1.78. The largest absolute Gasteiger partial charge is 0.481 e. The summed E-state index contributed by atoms with van der Waals surface area (Å²) in [7, 11) is -3.37. The van der Waals surface area contributed by atoms with Crippen LogP contribution in [0.2, 0.25) is 10.0 Å². The summed E-state index contributed by atoms with van der Waals surface area (Å²) in [6.07, 6.45) is 0.184. The maximum atomic E-state index is 14.1. The van der Waals surface area contributed by atoms with Crippen molar-refractivity contribution in [3.05, 3.63) is 69.7 Å². The standard InChI is InChI=1S/C27H31Cl2NO6S/c1-17(10-11-37(34,35)22-15-36-16-22)30-25(18-6-8-20(28)9-7-18)23(19-4-3-5-21(29)12-19)13-27(2,26(30)33)14-24(31)32/h3-9,12,17,22-23,25H,10-11,13-16H2,1-2H3,(H,31,32). The van der Waals surface area contributed by atoms with Crippen molar-refractivity contribution in [1.29, 1.82) is 0 Å². The monoisotopic (exact) mass is 567 g/mol. The summed E-state index contributed by atoms with van der Waals surface area (Å²) >= 11 is 12.5. The number of carboxylic acid groups (broad SMARTS) is 1. The van der Waals surface area contributed by atoms with Crippen LogP contribution in [0.5, 0.6) is 0 Å². The molecular formula is C27H31Cl2NO6S. The molecule has 2 fully saturated rings. The Morgan fingerprint density at radius 2 is 1.81 bits per heavy atom. The van der Waals surface area contributed by atoms with E-state index in [0.29, 0.717) is 16.5 Å². The summed E-state index contributed by atoms with van der Waals surface area (Å²) < 4.78 is 30.6. The van der Waals surface area contributed by atoms with Crippen LogP contribution in [0, 0.1) is 5.41 Å². The lowest BCUT2D eigenvalue weighted by Crippen LogP contribution is -2.56. The summed E-state index contributed by atoms with van der Waals surface area (Å²) in [6, 6.07) is 13.7. The number of amides is 1. The highest BCUT2D eigenvalue weighted by Crippen LogP contribution is 2.52. The zero-order chi connectivity index (χ0) is 27.0. The van der Waals surface area contributed by atoms with Crippen molar-refractivity contribution in [3.8, 4) is 0 Å². The van der Waals surface area contributed by atoms with Gasteiger partial charge in [0.15, 0.2) is 9.84 Å². The van der Waals surface area contributed by atoms with Gasteiger partial charge in [-0.05, 0) is 55.2 Å². The first kappa shape index (κ1) is 27.9. The van der Waals surface area contributed by atoms with Crippen LogP contribution in [0.3, 0.4) is 0 Å². The fourth-order valence-corrected chi connectivity index (χ4v) is 7.36. The minimum atomic E-state index is -3.37. The van der Waals surface area contributed by atoms with Gasteiger partial charge in [-0.1, -0.05) is 54.4 Å². The maximum absolute atomic E-state index is 14.1. The minimum Gasteiger partial charge on any atom is -0.481 e. The molecule has 7 nitrogen and oxygen atoms in total. The molecule has 0 radical (unpaired) electrons. The molecule has 4 rings (SSSR count). The highest BCUT2D eigenvalue weighted by Gasteiger charge is 2.52. The molecule has 4 unspecified atom stereocenters. The molecule has 2 heterocycles. The number of hydrogen-bond acceptors (Lipinski definition) is 5. The van der Waals surface area contributed by atoms with E-state index in [9.17, 15) is 23.1 Å². The predicted octanol–water partition coefficient (Wildman–Crippen LogP) is 5.12. The molecule has 10 heteroatoms. The van der Waals surface area contributed by atoms with Crippen molar-refractivity contribution in [2.24, 2.45) is 5.41 Å². The summed E-state index contributed by atoms with van der Waals surface area (Å²) in [6.45, 7) is 3.90. The van der Waals surface area contributed by atoms with E-state index in [2.05, 4.69) is 0 Å². The molecular weight excluding hydrogens is 537 g/mol. The Hall–Kier alpha value is -2.13. The number of ether oxygens (including phenoxy) is 1. The molecule has 4 atom stereocenters. The van der Waals surface area contributed by atoms with Gasteiger partial charge < -0.3 is 14.7 Å². The van der Waals surface area contributed by atoms with E-state index >= 15 is 0 Å². The molecule has 0 aromatic heterocycles. The van der Waals surface area contributed by atoms with Crippen molar-refractivity contribution in [3.63, 3.8) is 0 Å². The first-order valence-corrected chi connectivity index (χ1v) is 14.7. The SMILES string of the molecule is CC(CCS(=O)(=O)C1COC1)N1C(=O)C(C)(CC(=O)O)CC(c2cccc(Cl)c2)C1c1ccc(Cl)cc1. The average Bonchev–Trinajstić information content (AvgIpc) is 2.78. The van der Waals surface area contributed by atoms with Crippen LogP contribution in [0.15, 0.2) is 48.5 Å². The number of aliphatic carboxylic acids is 1. The molecule has 2 saturated heterocycles. The van der Waals surface area contributed by atoms with Crippen LogP contribution in [0.4, 0.5) is 0 Å². The summed E-state index contributed by atoms with van der Waals surface area (Å²) in [5.41, 5.74) is 0.534. The van der Waals surface area contributed by atoms with Gasteiger partial charge in [-0.15, -0.1) is 0 Å². The second kappa shape index (κ2) is 10.9. The van der Waals surface area contributed by atoms with Gasteiger partial charge in [0.1, 0.15) is 5.25 Å². The van der Waals surface area contributed by atoms with Crippen LogP contribution < -0.4 is 0 Å². The Morgan fingerprint density at radius 1 is 1.14 bits per heavy atom. The number of nitrogens with zero attached hydrogens (tertiary/aromatic N) is 1. The van der Waals surface area contributed by atoms with E-state index in [1.165, 1.54) is 0 Å². The third-order valence-electron chi connectivity index (χ3n) is 7.54. The van der Waals surface area contributed by atoms with Crippen LogP contribution >= 0.6 is 23.2 Å². The highest BCUT2D eigenvalue weighted by atomic mass is 35.5. The average molecular weight is 569 g/mol. The molecule has 37 heavy (non-hydrogen) atoms. The third-order valence-corrected chi connectivity index (χ3v) is 10.1. The summed E-state index contributed by atoms with van der Waals surface area (Å²) in [5, 5.41) is 10.3. The minimum absolute atomic E-state index is 0.0865. The Morgan fingerprint density at radius 3 is 2.38 bits per heavy atom. The zero-order valence-corrected chi connectivity index (χ0v) is 23.1. The Labute approximate surface area is 227 Å². The summed E-state index contributed by atoms with van der Waals surface area (Å²) in [5.74, 6) is -1.73. The van der Waals surface area contributed by atoms with Crippen LogP contribution in [-0.2, 0) is 24.2 Å². The van der Waals surface area contributed by atoms with E-state index in [-0.39, 0.29) is 43.6 Å². The molecule has 1 N–H and O–H groups in total. The number of carbonyl (C=O) groups is 2. The van der Waals surface area contributed by atoms with Crippen molar-refractivity contribution in [2.75, 3.05) is 19.0 Å². The van der Waals surface area contributed by atoms with Gasteiger partial charge in [-0.25, -0.2) is 8.42 Å². The number of benzene rings is 2. The van der Waals surface area contributed by atoms with Crippen LogP contribution in [0.25, 0.3) is 0 Å². The van der Waals surface area contributed by atoms with Crippen molar-refractivity contribution >= 4 is 44.9 Å². The second-order valence-corrected chi connectivity index (χ2v) is 13.6. The molecule has 0 saturated carbocycles. The quantitative estimate of drug-likeness (QED) is 0.451. The van der Waals surface area contributed by atoms with Crippen molar-refractivity contribution < 1.29 is 27.9 Å². The Bertz CT molecular complexity index is 1260. The molecule has 2 aromatic carbocycles. The smallest absolute Gasteiger partial charge is 0.304 e. The van der Waals surface area contributed by atoms with E-state index in [1.807, 2.05) is 37.3 Å². The molecule has 2 aliphatic heterocycles. The fourth-order valence-electron chi connectivity index (χ4n) is 5.42. The van der Waals surface area contributed by atoms with Gasteiger partial charge in [0.2, 0.25) is 5.91 Å². The Kier molecular flexibility index (Phi) is 8.24. The lowest BCUT2D eigenvalue weighted by atomic mass is 9.67. The van der Waals surface area contributed by atoms with Gasteiger partial charge >= 0.3 is 5.97 Å². The van der Waals surface area contributed by atoms with Gasteiger partial charge in [0, 0.05) is 22.0 Å². The van der Waals surface area contributed by atoms with Gasteiger partial charge in [0.05, 0.1) is 36.8 Å². The molecule has 200 valence electrons. The number of piperidine rings is 1. The third kappa shape index (κ3) is 5.98. The number of carboxylic acids is 1. The van der Waals surface area contributed by atoms with E-state index in [1.54, 1.807) is 30.0 Å². The second-order valence-electron chi connectivity index (χ2n) is 10.4. The number of rotatable bonds is 9. The van der Waals surface area contributed by atoms with Crippen molar-refractivity contribution in [2.45, 2.75) is 56.4 Å². The maximum Gasteiger partial charge on any atom is 0.304 e. The van der Waals surface area contributed by atoms with Crippen molar-refractivity contribution in [1.82, 2.24) is 4.90 Å². The van der Waals surface area contributed by atoms with Crippen LogP contribution in [-0.4, -0.2) is 60.6 Å². The highest BCUT2D eigenvalue weighted by molar-refractivity contribution is 7.92. The first-order chi connectivity index (χ1) is 17.4. The van der Waals surface area contributed by atoms with Crippen LogP contribution in [0.1, 0.15) is 56.2 Å². The lowest BCUT2D eigenvalue weighted by Gasteiger charge is -2.51. The number of hydrogen-bond donors (Lipinski definition) is 1. The number of carbonyl (C=O) groups excluding carboxylic acids is 1. The number of likely N-dealkylation sites (tertiary alicyclic amines) is 1. The molecule has 1 amide bonds. The normalized spacial score (nSPS) is 25.5. The molecule has 2 aromatic rings. The predicted molar refractivity (Wildman–Crippen MR) is 143 cm³/mol. The van der Waals surface area contributed by atoms with Gasteiger partial charge in [-0.2, -0.15) is 0 Å². The lowest BCUT2D eigenvalue weighted by molar-refractivity contribution is -0.160. The molecule has 2 aliphatic rings. The van der Waals surface area contributed by atoms with E-state index in [4.69, 9.17) is 27.9 Å². The van der Waals surface area contributed by atoms with E-state index < -0.39 is 38.6 Å². The molecule has 0 aliphatic carbocycles. The molecule has 0 bridgehead atoms. The topological polar surface area (TPSA) is 101 Å².